The minimum Gasteiger partial charge on any atom is -0.278 e. The lowest BCUT2D eigenvalue weighted by Crippen LogP contribution is -2.47. The topological polar surface area (TPSA) is 37.4 Å². The fourth-order valence-electron chi connectivity index (χ4n) is 3.05. The summed E-state index contributed by atoms with van der Waals surface area (Å²) < 4.78 is 0. The molecular formula is C18H25NO2. The van der Waals surface area contributed by atoms with E-state index in [1.54, 1.807) is 0 Å². The Balaban J connectivity index is 2.06. The molecule has 1 aliphatic rings. The van der Waals surface area contributed by atoms with Crippen LogP contribution >= 0.6 is 0 Å². The van der Waals surface area contributed by atoms with Crippen molar-refractivity contribution < 1.29 is 9.59 Å². The molecule has 1 heterocycles. The maximum atomic E-state index is 12.6. The Morgan fingerprint density at radius 3 is 2.52 bits per heavy atom. The molecule has 2 atom stereocenters. The molecule has 114 valence electrons. The zero-order valence-corrected chi connectivity index (χ0v) is 13.0. The summed E-state index contributed by atoms with van der Waals surface area (Å²) in [7, 11) is 0. The molecule has 0 aliphatic carbocycles. The summed E-state index contributed by atoms with van der Waals surface area (Å²) in [5.74, 6) is 0.189. The summed E-state index contributed by atoms with van der Waals surface area (Å²) in [4.78, 5) is 26.3. The van der Waals surface area contributed by atoms with Crippen LogP contribution in [0.15, 0.2) is 30.3 Å². The van der Waals surface area contributed by atoms with Gasteiger partial charge in [-0.05, 0) is 17.9 Å². The fraction of sp³-hybridized carbons (Fsp3) is 0.556. The van der Waals surface area contributed by atoms with Crippen LogP contribution in [0.5, 0.6) is 0 Å². The van der Waals surface area contributed by atoms with Gasteiger partial charge in [0.15, 0.2) is 0 Å². The van der Waals surface area contributed by atoms with Gasteiger partial charge in [0.25, 0.3) is 0 Å². The van der Waals surface area contributed by atoms with Crippen molar-refractivity contribution in [3.05, 3.63) is 35.9 Å². The molecule has 1 aromatic carbocycles. The van der Waals surface area contributed by atoms with Gasteiger partial charge >= 0.3 is 0 Å². The molecule has 0 bridgehead atoms. The van der Waals surface area contributed by atoms with Crippen LogP contribution in [-0.4, -0.2) is 16.7 Å². The number of nitrogens with zero attached hydrogens (tertiary/aromatic N) is 1. The summed E-state index contributed by atoms with van der Waals surface area (Å²) in [6, 6.07) is 9.75. The van der Waals surface area contributed by atoms with E-state index in [0.29, 0.717) is 13.0 Å². The van der Waals surface area contributed by atoms with E-state index in [-0.39, 0.29) is 23.7 Å². The highest BCUT2D eigenvalue weighted by Gasteiger charge is 2.38. The number of amides is 2. The molecule has 0 aromatic heterocycles. The number of likely N-dealkylation sites (tertiary alicyclic amines) is 1. The quantitative estimate of drug-likeness (QED) is 0.590. The van der Waals surface area contributed by atoms with Gasteiger partial charge in [-0.3, -0.25) is 14.5 Å². The molecule has 1 aromatic rings. The molecule has 2 amide bonds. The molecule has 0 saturated carbocycles. The number of piperidine rings is 1. The lowest BCUT2D eigenvalue weighted by Gasteiger charge is -2.35. The Kier molecular flexibility index (Phi) is 5.54. The molecule has 21 heavy (non-hydrogen) atoms. The maximum absolute atomic E-state index is 12.6. The van der Waals surface area contributed by atoms with E-state index in [4.69, 9.17) is 0 Å². The zero-order chi connectivity index (χ0) is 15.2. The second kappa shape index (κ2) is 7.39. The molecule has 0 spiro atoms. The van der Waals surface area contributed by atoms with Gasteiger partial charge in [0.2, 0.25) is 11.8 Å². The first kappa shape index (κ1) is 15.7. The minimum atomic E-state index is -0.0249. The highest BCUT2D eigenvalue weighted by atomic mass is 16.2. The summed E-state index contributed by atoms with van der Waals surface area (Å²) in [5.41, 5.74) is 1.01. The van der Waals surface area contributed by atoms with Gasteiger partial charge in [0.05, 0.1) is 6.54 Å². The van der Waals surface area contributed by atoms with Gasteiger partial charge in [-0.15, -0.1) is 0 Å². The lowest BCUT2D eigenvalue weighted by molar-refractivity contribution is -0.155. The van der Waals surface area contributed by atoms with Gasteiger partial charge in [0.1, 0.15) is 0 Å². The summed E-state index contributed by atoms with van der Waals surface area (Å²) in [6.45, 7) is 4.61. The van der Waals surface area contributed by atoms with Gasteiger partial charge in [-0.25, -0.2) is 0 Å². The molecule has 1 fully saturated rings. The smallest absolute Gasteiger partial charge is 0.232 e. The largest absolute Gasteiger partial charge is 0.278 e. The number of hydrogen-bond acceptors (Lipinski definition) is 2. The third-order valence-electron chi connectivity index (χ3n) is 4.37. The molecule has 1 saturated heterocycles. The molecule has 3 heteroatoms. The van der Waals surface area contributed by atoms with Crippen molar-refractivity contribution in [1.29, 1.82) is 0 Å². The highest BCUT2D eigenvalue weighted by Crippen LogP contribution is 2.30. The van der Waals surface area contributed by atoms with Crippen LogP contribution in [-0.2, 0) is 16.1 Å². The number of benzene rings is 1. The lowest BCUT2D eigenvalue weighted by atomic mass is 9.82. The van der Waals surface area contributed by atoms with Gasteiger partial charge in [-0.2, -0.15) is 0 Å². The zero-order valence-electron chi connectivity index (χ0n) is 13.0. The van der Waals surface area contributed by atoms with Crippen LogP contribution in [0.25, 0.3) is 0 Å². The van der Waals surface area contributed by atoms with Crippen molar-refractivity contribution in [2.75, 3.05) is 0 Å². The second-order valence-corrected chi connectivity index (χ2v) is 6.09. The number of rotatable bonds is 6. The van der Waals surface area contributed by atoms with Crippen molar-refractivity contribution in [3.8, 4) is 0 Å². The predicted octanol–water partition coefficient (Wildman–Crippen LogP) is 3.78. The first-order valence-electron chi connectivity index (χ1n) is 8.01. The first-order chi connectivity index (χ1) is 10.1. The van der Waals surface area contributed by atoms with Crippen molar-refractivity contribution in [2.24, 2.45) is 11.8 Å². The molecule has 3 nitrogen and oxygen atoms in total. The van der Waals surface area contributed by atoms with Crippen molar-refractivity contribution in [3.63, 3.8) is 0 Å². The van der Waals surface area contributed by atoms with Crippen LogP contribution in [0.3, 0.4) is 0 Å². The number of hydrogen-bond donors (Lipinski definition) is 0. The van der Waals surface area contributed by atoms with Crippen molar-refractivity contribution in [1.82, 2.24) is 4.90 Å². The Morgan fingerprint density at radius 1 is 1.14 bits per heavy atom. The number of imide groups is 1. The third-order valence-corrected chi connectivity index (χ3v) is 4.37. The summed E-state index contributed by atoms with van der Waals surface area (Å²) in [5, 5.41) is 0. The average molecular weight is 287 g/mol. The van der Waals surface area contributed by atoms with Crippen LogP contribution < -0.4 is 0 Å². The third kappa shape index (κ3) is 3.93. The van der Waals surface area contributed by atoms with Crippen LogP contribution in [0, 0.1) is 11.8 Å². The van der Waals surface area contributed by atoms with E-state index in [1.807, 2.05) is 37.3 Å². The SMILES string of the molecule is CCCCC[C@H]1C(=O)N(Cc2ccccc2)C(=O)C[C@@H]1C. The predicted molar refractivity (Wildman–Crippen MR) is 83.4 cm³/mol. The fourth-order valence-corrected chi connectivity index (χ4v) is 3.05. The van der Waals surface area contributed by atoms with Gasteiger partial charge in [0, 0.05) is 12.3 Å². The van der Waals surface area contributed by atoms with E-state index in [9.17, 15) is 9.59 Å². The van der Waals surface area contributed by atoms with E-state index < -0.39 is 0 Å². The number of carbonyl (C=O) groups excluding carboxylic acids is 2. The Morgan fingerprint density at radius 2 is 1.86 bits per heavy atom. The van der Waals surface area contributed by atoms with Gasteiger partial charge < -0.3 is 0 Å². The second-order valence-electron chi connectivity index (χ2n) is 6.09. The average Bonchev–Trinajstić information content (AvgIpc) is 2.48. The van der Waals surface area contributed by atoms with Crippen molar-refractivity contribution in [2.45, 2.75) is 52.5 Å². The molecule has 0 radical (unpaired) electrons. The molecular weight excluding hydrogens is 262 g/mol. The highest BCUT2D eigenvalue weighted by molar-refractivity contribution is 5.99. The summed E-state index contributed by atoms with van der Waals surface area (Å²) in [6.07, 6.45) is 4.79. The maximum Gasteiger partial charge on any atom is 0.232 e. The van der Waals surface area contributed by atoms with E-state index in [1.165, 1.54) is 4.90 Å². The monoisotopic (exact) mass is 287 g/mol. The van der Waals surface area contributed by atoms with Crippen LogP contribution in [0.2, 0.25) is 0 Å². The van der Waals surface area contributed by atoms with Crippen molar-refractivity contribution >= 4 is 11.8 Å². The van der Waals surface area contributed by atoms with E-state index in [0.717, 1.165) is 31.2 Å². The molecule has 0 unspecified atom stereocenters. The standard InChI is InChI=1S/C18H25NO2/c1-3-4-6-11-16-14(2)12-17(20)19(18(16)21)13-15-9-7-5-8-10-15/h5,7-10,14,16H,3-4,6,11-13H2,1-2H3/t14-,16+/m0/s1. The molecule has 1 aliphatic heterocycles. The minimum absolute atomic E-state index is 0.0120. The number of carbonyl (C=O) groups is 2. The van der Waals surface area contributed by atoms with Crippen LogP contribution in [0.1, 0.15) is 51.5 Å². The molecule has 0 N–H and O–H groups in total. The first-order valence-corrected chi connectivity index (χ1v) is 8.01. The van der Waals surface area contributed by atoms with E-state index in [2.05, 4.69) is 6.92 Å². The van der Waals surface area contributed by atoms with E-state index >= 15 is 0 Å². The Hall–Kier alpha value is -1.64. The summed E-state index contributed by atoms with van der Waals surface area (Å²) >= 11 is 0. The number of unbranched alkanes of at least 4 members (excludes halogenated alkanes) is 2. The van der Waals surface area contributed by atoms with Crippen LogP contribution in [0.4, 0.5) is 0 Å². The Bertz CT molecular complexity index is 483. The molecule has 2 rings (SSSR count). The normalized spacial score (nSPS) is 22.7. The van der Waals surface area contributed by atoms with Gasteiger partial charge in [-0.1, -0.05) is 63.4 Å². The Labute approximate surface area is 127 Å².